The molecule has 2 fully saturated rings. The van der Waals surface area contributed by atoms with Gasteiger partial charge in [-0.05, 0) is 38.3 Å². The molecule has 1 aliphatic heterocycles. The van der Waals surface area contributed by atoms with Gasteiger partial charge in [-0.3, -0.25) is 0 Å². The van der Waals surface area contributed by atoms with E-state index >= 15 is 0 Å². The first kappa shape index (κ1) is 10.3. The summed E-state index contributed by atoms with van der Waals surface area (Å²) in [4.78, 5) is 4.55. The zero-order chi connectivity index (χ0) is 10.8. The number of nitrogens with one attached hydrogen (secondary N) is 1. The summed E-state index contributed by atoms with van der Waals surface area (Å²) in [7, 11) is 0. The zero-order valence-electron chi connectivity index (χ0n) is 9.61. The lowest BCUT2D eigenvalue weighted by Crippen LogP contribution is -2.11. The van der Waals surface area contributed by atoms with Crippen LogP contribution in [0.1, 0.15) is 49.7 Å². The maximum Gasteiger partial charge on any atom is 0.229 e. The van der Waals surface area contributed by atoms with Crippen LogP contribution in [-0.4, -0.2) is 23.2 Å². The zero-order valence-corrected chi connectivity index (χ0v) is 9.61. The van der Waals surface area contributed by atoms with Gasteiger partial charge in [0.15, 0.2) is 5.82 Å². The van der Waals surface area contributed by atoms with E-state index in [0.717, 1.165) is 31.2 Å². The van der Waals surface area contributed by atoms with E-state index in [4.69, 9.17) is 4.52 Å². The third-order valence-electron chi connectivity index (χ3n) is 3.82. The molecule has 4 heteroatoms. The van der Waals surface area contributed by atoms with Gasteiger partial charge in [0, 0.05) is 12.3 Å². The molecule has 88 valence electrons. The van der Waals surface area contributed by atoms with Crippen molar-refractivity contribution in [1.29, 1.82) is 0 Å². The topological polar surface area (TPSA) is 51.0 Å². The first-order valence-electron chi connectivity index (χ1n) is 6.45. The molecule has 1 aromatic rings. The van der Waals surface area contributed by atoms with Crippen LogP contribution in [0.15, 0.2) is 4.52 Å². The molecular formula is C12H19N3O. The van der Waals surface area contributed by atoms with E-state index in [1.165, 1.54) is 32.1 Å². The number of rotatable bonds is 3. The molecule has 0 aromatic carbocycles. The average molecular weight is 221 g/mol. The van der Waals surface area contributed by atoms with Gasteiger partial charge in [0.25, 0.3) is 0 Å². The molecule has 2 heterocycles. The first-order valence-corrected chi connectivity index (χ1v) is 6.45. The molecule has 4 nitrogen and oxygen atoms in total. The quantitative estimate of drug-likeness (QED) is 0.846. The molecule has 16 heavy (non-hydrogen) atoms. The Morgan fingerprint density at radius 2 is 2.12 bits per heavy atom. The Labute approximate surface area is 95.8 Å². The Morgan fingerprint density at radius 1 is 1.25 bits per heavy atom. The number of hydrogen-bond acceptors (Lipinski definition) is 4. The van der Waals surface area contributed by atoms with Gasteiger partial charge in [0.05, 0.1) is 0 Å². The molecular weight excluding hydrogens is 202 g/mol. The van der Waals surface area contributed by atoms with Crippen LogP contribution in [0.25, 0.3) is 0 Å². The molecule has 0 radical (unpaired) electrons. The standard InChI is InChI=1S/C12H19N3O/c1-2-4-10(3-1)12-14-11(15-16-12)7-9-5-6-13-8-9/h9-10,13H,1-8H2. The predicted octanol–water partition coefficient (Wildman–Crippen LogP) is 1.88. The highest BCUT2D eigenvalue weighted by molar-refractivity contribution is 4.97. The number of aromatic nitrogens is 2. The molecule has 2 aliphatic rings. The highest BCUT2D eigenvalue weighted by Crippen LogP contribution is 2.33. The second-order valence-electron chi connectivity index (χ2n) is 5.09. The van der Waals surface area contributed by atoms with E-state index in [-0.39, 0.29) is 0 Å². The van der Waals surface area contributed by atoms with Crippen molar-refractivity contribution in [2.24, 2.45) is 5.92 Å². The van der Waals surface area contributed by atoms with Crippen LogP contribution >= 0.6 is 0 Å². The Kier molecular flexibility index (Phi) is 2.91. The summed E-state index contributed by atoms with van der Waals surface area (Å²) in [6, 6.07) is 0. The number of nitrogens with zero attached hydrogens (tertiary/aromatic N) is 2. The fourth-order valence-corrected chi connectivity index (χ4v) is 2.84. The van der Waals surface area contributed by atoms with Gasteiger partial charge in [0.2, 0.25) is 5.89 Å². The number of hydrogen-bond donors (Lipinski definition) is 1. The summed E-state index contributed by atoms with van der Waals surface area (Å²) < 4.78 is 5.38. The lowest BCUT2D eigenvalue weighted by atomic mass is 10.0. The lowest BCUT2D eigenvalue weighted by Gasteiger charge is -2.02. The molecule has 1 saturated carbocycles. The molecule has 0 bridgehead atoms. The van der Waals surface area contributed by atoms with Crippen molar-refractivity contribution in [2.45, 2.75) is 44.4 Å². The molecule has 1 aliphatic carbocycles. The van der Waals surface area contributed by atoms with Crippen LogP contribution in [0.4, 0.5) is 0 Å². The van der Waals surface area contributed by atoms with Crippen molar-refractivity contribution in [3.05, 3.63) is 11.7 Å². The monoisotopic (exact) mass is 221 g/mol. The molecule has 1 N–H and O–H groups in total. The van der Waals surface area contributed by atoms with Crippen LogP contribution in [0.3, 0.4) is 0 Å². The van der Waals surface area contributed by atoms with Crippen molar-refractivity contribution >= 4 is 0 Å². The van der Waals surface area contributed by atoms with Gasteiger partial charge < -0.3 is 9.84 Å². The van der Waals surface area contributed by atoms with Crippen molar-refractivity contribution in [3.63, 3.8) is 0 Å². The van der Waals surface area contributed by atoms with Crippen molar-refractivity contribution in [3.8, 4) is 0 Å². The van der Waals surface area contributed by atoms with Crippen LogP contribution in [0.2, 0.25) is 0 Å². The minimum Gasteiger partial charge on any atom is -0.339 e. The summed E-state index contributed by atoms with van der Waals surface area (Å²) in [6.07, 6.45) is 7.31. The van der Waals surface area contributed by atoms with Crippen LogP contribution in [0, 0.1) is 5.92 Å². The molecule has 0 amide bonds. The van der Waals surface area contributed by atoms with Gasteiger partial charge in [-0.25, -0.2) is 0 Å². The van der Waals surface area contributed by atoms with E-state index in [1.54, 1.807) is 0 Å². The predicted molar refractivity (Wildman–Crippen MR) is 60.2 cm³/mol. The molecule has 1 unspecified atom stereocenters. The summed E-state index contributed by atoms with van der Waals surface area (Å²) in [5, 5.41) is 7.48. The van der Waals surface area contributed by atoms with Crippen LogP contribution in [0.5, 0.6) is 0 Å². The van der Waals surface area contributed by atoms with E-state index < -0.39 is 0 Å². The van der Waals surface area contributed by atoms with Crippen molar-refractivity contribution < 1.29 is 4.52 Å². The second kappa shape index (κ2) is 4.53. The Bertz CT molecular complexity index is 338. The Morgan fingerprint density at radius 3 is 2.88 bits per heavy atom. The SMILES string of the molecule is C1CCC(c2nc(CC3CCNC3)no2)C1. The van der Waals surface area contributed by atoms with Gasteiger partial charge in [0.1, 0.15) is 0 Å². The Balaban J connectivity index is 1.62. The highest BCUT2D eigenvalue weighted by atomic mass is 16.5. The maximum absolute atomic E-state index is 5.38. The maximum atomic E-state index is 5.38. The minimum absolute atomic E-state index is 0.544. The fraction of sp³-hybridized carbons (Fsp3) is 0.833. The van der Waals surface area contributed by atoms with Crippen molar-refractivity contribution in [1.82, 2.24) is 15.5 Å². The largest absolute Gasteiger partial charge is 0.339 e. The van der Waals surface area contributed by atoms with Gasteiger partial charge in [-0.1, -0.05) is 18.0 Å². The molecule has 1 aromatic heterocycles. The minimum atomic E-state index is 0.544. The van der Waals surface area contributed by atoms with Crippen LogP contribution < -0.4 is 5.32 Å². The second-order valence-corrected chi connectivity index (χ2v) is 5.09. The van der Waals surface area contributed by atoms with Crippen LogP contribution in [-0.2, 0) is 6.42 Å². The normalized spacial score (nSPS) is 26.6. The summed E-state index contributed by atoms with van der Waals surface area (Å²) in [5.74, 6) is 3.05. The van der Waals surface area contributed by atoms with E-state index in [9.17, 15) is 0 Å². The van der Waals surface area contributed by atoms with Gasteiger partial charge in [-0.15, -0.1) is 0 Å². The van der Waals surface area contributed by atoms with Gasteiger partial charge >= 0.3 is 0 Å². The molecule has 3 rings (SSSR count). The fourth-order valence-electron chi connectivity index (χ4n) is 2.84. The summed E-state index contributed by atoms with van der Waals surface area (Å²) >= 11 is 0. The summed E-state index contributed by atoms with van der Waals surface area (Å²) in [5.41, 5.74) is 0. The highest BCUT2D eigenvalue weighted by Gasteiger charge is 2.24. The smallest absolute Gasteiger partial charge is 0.229 e. The first-order chi connectivity index (χ1) is 7.92. The van der Waals surface area contributed by atoms with E-state index in [2.05, 4.69) is 15.5 Å². The third-order valence-corrected chi connectivity index (χ3v) is 3.82. The average Bonchev–Trinajstić information content (AvgIpc) is 2.99. The lowest BCUT2D eigenvalue weighted by molar-refractivity contribution is 0.348. The molecule has 1 saturated heterocycles. The molecule has 0 spiro atoms. The van der Waals surface area contributed by atoms with Crippen molar-refractivity contribution in [2.75, 3.05) is 13.1 Å². The van der Waals surface area contributed by atoms with E-state index in [0.29, 0.717) is 11.8 Å². The summed E-state index contributed by atoms with van der Waals surface area (Å²) in [6.45, 7) is 2.24. The third kappa shape index (κ3) is 2.12. The molecule has 1 atom stereocenters. The Hall–Kier alpha value is -0.900. The van der Waals surface area contributed by atoms with Gasteiger partial charge in [-0.2, -0.15) is 4.98 Å². The van der Waals surface area contributed by atoms with E-state index in [1.807, 2.05) is 0 Å².